The monoisotopic (exact) mass is 320 g/mol. The molecule has 0 bridgehead atoms. The van der Waals surface area contributed by atoms with Gasteiger partial charge in [-0.3, -0.25) is 4.90 Å². The Hall–Kier alpha value is -1.08. The van der Waals surface area contributed by atoms with Gasteiger partial charge in [0.15, 0.2) is 11.5 Å². The van der Waals surface area contributed by atoms with Crippen molar-refractivity contribution >= 4 is 0 Å². The highest BCUT2D eigenvalue weighted by Gasteiger charge is 2.54. The highest BCUT2D eigenvalue weighted by atomic mass is 19.4. The van der Waals surface area contributed by atoms with Crippen LogP contribution in [0.4, 0.5) is 13.2 Å². The number of rotatable bonds is 4. The highest BCUT2D eigenvalue weighted by molar-refractivity contribution is 5.08. The summed E-state index contributed by atoms with van der Waals surface area (Å²) in [5.74, 6) is 0.700. The van der Waals surface area contributed by atoms with Crippen LogP contribution in [0, 0.1) is 12.8 Å². The number of nitrogens with zero attached hydrogens (tertiary/aromatic N) is 2. The summed E-state index contributed by atoms with van der Waals surface area (Å²) in [6, 6.07) is 0. The summed E-state index contributed by atoms with van der Waals surface area (Å²) in [5, 5.41) is 9.76. The molecule has 4 nitrogen and oxygen atoms in total. The van der Waals surface area contributed by atoms with Crippen molar-refractivity contribution in [2.24, 2.45) is 5.92 Å². The number of likely N-dealkylation sites (tertiary alicyclic amines) is 1. The van der Waals surface area contributed by atoms with Gasteiger partial charge in [-0.15, -0.1) is 0 Å². The van der Waals surface area contributed by atoms with E-state index in [0.29, 0.717) is 38.4 Å². The number of halogens is 3. The topological polar surface area (TPSA) is 49.5 Å². The van der Waals surface area contributed by atoms with Crippen LogP contribution >= 0.6 is 0 Å². The van der Waals surface area contributed by atoms with E-state index < -0.39 is 17.7 Å². The molecule has 1 aliphatic rings. The van der Waals surface area contributed by atoms with Gasteiger partial charge in [0, 0.05) is 6.42 Å². The molecule has 7 heteroatoms. The molecule has 0 aromatic carbocycles. The number of aromatic nitrogens is 1. The van der Waals surface area contributed by atoms with Crippen LogP contribution in [0.5, 0.6) is 0 Å². The van der Waals surface area contributed by atoms with Crippen LogP contribution in [-0.4, -0.2) is 39.9 Å². The van der Waals surface area contributed by atoms with Crippen molar-refractivity contribution in [3.63, 3.8) is 0 Å². The number of aliphatic hydroxyl groups is 1. The summed E-state index contributed by atoms with van der Waals surface area (Å²) in [4.78, 5) is 6.35. The van der Waals surface area contributed by atoms with Gasteiger partial charge < -0.3 is 9.52 Å². The number of alkyl halides is 3. The molecule has 0 unspecified atom stereocenters. The third-order valence-electron chi connectivity index (χ3n) is 4.56. The maximum absolute atomic E-state index is 12.9. The first-order valence-corrected chi connectivity index (χ1v) is 7.61. The van der Waals surface area contributed by atoms with Crippen molar-refractivity contribution in [2.45, 2.75) is 58.4 Å². The van der Waals surface area contributed by atoms with Gasteiger partial charge in [0.25, 0.3) is 0 Å². The second-order valence-electron chi connectivity index (χ2n) is 6.17. The minimum Gasteiger partial charge on any atom is -0.444 e. The Bertz CT molecular complexity index is 503. The average Bonchev–Trinajstić information content (AvgIpc) is 2.79. The Balaban J connectivity index is 1.93. The van der Waals surface area contributed by atoms with E-state index >= 15 is 0 Å². The molecule has 0 aliphatic carbocycles. The summed E-state index contributed by atoms with van der Waals surface area (Å²) in [6.45, 7) is 6.29. The summed E-state index contributed by atoms with van der Waals surface area (Å²) in [6.07, 6.45) is -3.23. The van der Waals surface area contributed by atoms with E-state index in [2.05, 4.69) is 9.88 Å². The lowest BCUT2D eigenvalue weighted by atomic mass is 9.81. The molecule has 0 spiro atoms. The van der Waals surface area contributed by atoms with Crippen molar-refractivity contribution in [3.05, 3.63) is 17.3 Å². The fourth-order valence-electron chi connectivity index (χ4n) is 2.87. The molecule has 1 atom stereocenters. The Morgan fingerprint density at radius 3 is 2.36 bits per heavy atom. The quantitative estimate of drug-likeness (QED) is 0.926. The van der Waals surface area contributed by atoms with Crippen LogP contribution in [0.2, 0.25) is 0 Å². The number of hydrogen-bond acceptors (Lipinski definition) is 4. The van der Waals surface area contributed by atoms with Gasteiger partial charge in [-0.05, 0) is 45.7 Å². The fraction of sp³-hybridized carbons (Fsp3) is 0.800. The van der Waals surface area contributed by atoms with Crippen molar-refractivity contribution in [2.75, 3.05) is 13.1 Å². The van der Waals surface area contributed by atoms with Gasteiger partial charge in [0.05, 0.1) is 12.2 Å². The normalized spacial score (nSPS) is 21.0. The van der Waals surface area contributed by atoms with Crippen molar-refractivity contribution in [3.8, 4) is 0 Å². The van der Waals surface area contributed by atoms with Crippen LogP contribution < -0.4 is 0 Å². The second kappa shape index (κ2) is 6.20. The molecule has 0 amide bonds. The van der Waals surface area contributed by atoms with E-state index in [1.165, 1.54) is 0 Å². The van der Waals surface area contributed by atoms with Gasteiger partial charge in [-0.25, -0.2) is 4.98 Å². The minimum absolute atomic E-state index is 0.320. The van der Waals surface area contributed by atoms with Gasteiger partial charge in [-0.1, -0.05) is 6.92 Å². The molecular weight excluding hydrogens is 297 g/mol. The Morgan fingerprint density at radius 1 is 1.32 bits per heavy atom. The van der Waals surface area contributed by atoms with E-state index in [4.69, 9.17) is 4.42 Å². The van der Waals surface area contributed by atoms with Crippen molar-refractivity contribution in [1.82, 2.24) is 9.88 Å². The van der Waals surface area contributed by atoms with Gasteiger partial charge >= 0.3 is 6.18 Å². The largest absolute Gasteiger partial charge is 0.444 e. The molecule has 2 heterocycles. The van der Waals surface area contributed by atoms with E-state index in [1.54, 1.807) is 0 Å². The third kappa shape index (κ3) is 3.46. The Kier molecular flexibility index (Phi) is 4.87. The summed E-state index contributed by atoms with van der Waals surface area (Å²) in [7, 11) is 0. The van der Waals surface area contributed by atoms with Crippen molar-refractivity contribution < 1.29 is 22.7 Å². The number of piperidine rings is 1. The third-order valence-corrected chi connectivity index (χ3v) is 4.56. The molecule has 2 rings (SSSR count). The molecule has 22 heavy (non-hydrogen) atoms. The fourth-order valence-corrected chi connectivity index (χ4v) is 2.87. The van der Waals surface area contributed by atoms with Gasteiger partial charge in [0.2, 0.25) is 0 Å². The lowest BCUT2D eigenvalue weighted by molar-refractivity contribution is -0.275. The average molecular weight is 320 g/mol. The molecule has 0 saturated carbocycles. The van der Waals surface area contributed by atoms with Crippen LogP contribution in [-0.2, 0) is 13.0 Å². The van der Waals surface area contributed by atoms with E-state index in [1.807, 2.05) is 13.8 Å². The molecule has 1 aromatic heterocycles. The summed E-state index contributed by atoms with van der Waals surface area (Å²) in [5.41, 5.74) is -1.78. The Labute approximate surface area is 128 Å². The molecule has 1 saturated heterocycles. The second-order valence-corrected chi connectivity index (χ2v) is 6.17. The lowest BCUT2D eigenvalue weighted by Gasteiger charge is -2.40. The number of hydrogen-bond donors (Lipinski definition) is 1. The van der Waals surface area contributed by atoms with E-state index in [9.17, 15) is 18.3 Å². The first-order valence-electron chi connectivity index (χ1n) is 7.61. The van der Waals surface area contributed by atoms with E-state index in [-0.39, 0.29) is 0 Å². The lowest BCUT2D eigenvalue weighted by Crippen LogP contribution is -2.52. The van der Waals surface area contributed by atoms with Gasteiger partial charge in [-0.2, -0.15) is 13.2 Å². The zero-order chi connectivity index (χ0) is 16.5. The molecule has 0 radical (unpaired) electrons. The maximum atomic E-state index is 12.9. The van der Waals surface area contributed by atoms with Crippen LogP contribution in [0.15, 0.2) is 4.42 Å². The highest BCUT2D eigenvalue weighted by Crippen LogP contribution is 2.40. The maximum Gasteiger partial charge on any atom is 0.417 e. The number of aryl methyl sites for hydroxylation is 2. The molecular formula is C15H23F3N2O2. The zero-order valence-electron chi connectivity index (χ0n) is 13.2. The number of oxazole rings is 1. The predicted molar refractivity (Wildman–Crippen MR) is 75.3 cm³/mol. The van der Waals surface area contributed by atoms with Crippen LogP contribution in [0.1, 0.15) is 44.0 Å². The van der Waals surface area contributed by atoms with Crippen LogP contribution in [0.25, 0.3) is 0 Å². The van der Waals surface area contributed by atoms with Crippen molar-refractivity contribution in [1.29, 1.82) is 0 Å². The predicted octanol–water partition coefficient (Wildman–Crippen LogP) is 3.07. The molecule has 126 valence electrons. The summed E-state index contributed by atoms with van der Waals surface area (Å²) < 4.78 is 44.2. The first-order chi connectivity index (χ1) is 10.1. The first kappa shape index (κ1) is 17.3. The molecule has 1 aliphatic heterocycles. The van der Waals surface area contributed by atoms with Gasteiger partial charge in [0.1, 0.15) is 5.76 Å². The van der Waals surface area contributed by atoms with E-state index in [0.717, 1.165) is 24.8 Å². The zero-order valence-corrected chi connectivity index (χ0v) is 13.2. The standard InChI is InChI=1S/C15H23F3N2O2/c1-4-13-19-10(2)12(22-13)9-20-7-5-11(6-8-20)14(3,21)15(16,17)18/h11,21H,4-9H2,1-3H3/t14-/m0/s1. The minimum atomic E-state index is -4.59. The molecule has 1 aromatic rings. The van der Waals surface area contributed by atoms with Crippen LogP contribution in [0.3, 0.4) is 0 Å². The summed E-state index contributed by atoms with van der Waals surface area (Å²) >= 11 is 0. The SMILES string of the molecule is CCc1nc(C)c(CN2CCC([C@](C)(O)C(F)(F)F)CC2)o1. The Morgan fingerprint density at radius 2 is 1.91 bits per heavy atom. The molecule has 1 N–H and O–H groups in total. The smallest absolute Gasteiger partial charge is 0.417 e. The molecule has 1 fully saturated rings.